The minimum atomic E-state index is -0.410. The Balaban J connectivity index is 1.64. The highest BCUT2D eigenvalue weighted by Gasteiger charge is 2.27. The molecular formula is C21H16FN3O2. The Morgan fingerprint density at radius 3 is 2.48 bits per heavy atom. The first kappa shape index (κ1) is 16.9. The Hall–Kier alpha value is -3.54. The van der Waals surface area contributed by atoms with E-state index in [1.54, 1.807) is 12.3 Å². The van der Waals surface area contributed by atoms with Crippen LogP contribution < -0.4 is 10.6 Å². The molecule has 3 aromatic rings. The molecule has 1 heterocycles. The molecule has 6 heteroatoms. The predicted molar refractivity (Wildman–Crippen MR) is 101 cm³/mol. The van der Waals surface area contributed by atoms with E-state index < -0.39 is 5.82 Å². The lowest BCUT2D eigenvalue weighted by atomic mass is 10.0. The number of carbonyl (C=O) groups is 2. The van der Waals surface area contributed by atoms with Gasteiger partial charge in [0.1, 0.15) is 11.6 Å². The van der Waals surface area contributed by atoms with Crippen molar-refractivity contribution in [1.29, 1.82) is 0 Å². The van der Waals surface area contributed by atoms with Crippen LogP contribution in [-0.2, 0) is 6.42 Å². The number of anilines is 3. The van der Waals surface area contributed by atoms with Crippen LogP contribution in [0.25, 0.3) is 0 Å². The molecule has 1 aliphatic rings. The van der Waals surface area contributed by atoms with E-state index in [4.69, 9.17) is 0 Å². The van der Waals surface area contributed by atoms with Crippen LogP contribution in [0, 0.1) is 5.82 Å². The first-order valence-electron chi connectivity index (χ1n) is 8.56. The Bertz CT molecular complexity index is 1020. The maximum absolute atomic E-state index is 13.0. The summed E-state index contributed by atoms with van der Waals surface area (Å²) in [6, 6.07) is 14.3. The van der Waals surface area contributed by atoms with E-state index in [0.717, 1.165) is 11.3 Å². The number of Topliss-reactive ketones (excluding diaryl/α,β-unsaturated/α-hetero) is 1. The molecule has 2 aromatic carbocycles. The molecular weight excluding hydrogens is 345 g/mol. The van der Waals surface area contributed by atoms with Crippen molar-refractivity contribution >= 4 is 28.9 Å². The molecule has 0 bridgehead atoms. The highest BCUT2D eigenvalue weighted by molar-refractivity contribution is 6.12. The number of rotatable bonds is 4. The van der Waals surface area contributed by atoms with Gasteiger partial charge in [-0.15, -0.1) is 0 Å². The number of fused-ring (bicyclic) bond motifs is 1. The van der Waals surface area contributed by atoms with Crippen LogP contribution in [0.3, 0.4) is 0 Å². The molecule has 1 aromatic heterocycles. The molecule has 0 saturated carbocycles. The molecule has 0 unspecified atom stereocenters. The lowest BCUT2D eigenvalue weighted by Crippen LogP contribution is -2.14. The summed E-state index contributed by atoms with van der Waals surface area (Å²) >= 11 is 0. The zero-order chi connectivity index (χ0) is 18.8. The number of nitrogens with zero attached hydrogens (tertiary/aromatic N) is 1. The maximum Gasteiger partial charge on any atom is 0.255 e. The predicted octanol–water partition coefficient (Wildman–Crippen LogP) is 4.35. The number of nitrogens with one attached hydrogen (secondary N) is 2. The number of amides is 1. The number of hydrogen-bond donors (Lipinski definition) is 2. The van der Waals surface area contributed by atoms with Crippen LogP contribution in [0.5, 0.6) is 0 Å². The summed E-state index contributed by atoms with van der Waals surface area (Å²) in [7, 11) is 0. The number of pyridine rings is 1. The van der Waals surface area contributed by atoms with Gasteiger partial charge in [0, 0.05) is 29.4 Å². The Morgan fingerprint density at radius 1 is 0.963 bits per heavy atom. The summed E-state index contributed by atoms with van der Waals surface area (Å²) in [6.07, 6.45) is 2.68. The van der Waals surface area contributed by atoms with E-state index in [1.165, 1.54) is 24.3 Å². The SMILES string of the molecule is O=C(Nc1ccc(Nc2ccccn2)c2c1C(=O)CC2)c1ccc(F)cc1. The van der Waals surface area contributed by atoms with Crippen molar-refractivity contribution in [1.82, 2.24) is 4.98 Å². The number of carbonyl (C=O) groups excluding carboxylic acids is 2. The normalized spacial score (nSPS) is 12.6. The van der Waals surface area contributed by atoms with Crippen molar-refractivity contribution < 1.29 is 14.0 Å². The third-order valence-corrected chi connectivity index (χ3v) is 4.48. The van der Waals surface area contributed by atoms with Gasteiger partial charge in [-0.1, -0.05) is 6.07 Å². The molecule has 134 valence electrons. The van der Waals surface area contributed by atoms with E-state index >= 15 is 0 Å². The van der Waals surface area contributed by atoms with Gasteiger partial charge in [0.15, 0.2) is 5.78 Å². The lowest BCUT2D eigenvalue weighted by molar-refractivity contribution is 0.0995. The fourth-order valence-electron chi connectivity index (χ4n) is 3.18. The molecule has 1 aliphatic carbocycles. The van der Waals surface area contributed by atoms with Crippen molar-refractivity contribution in [3.63, 3.8) is 0 Å². The summed E-state index contributed by atoms with van der Waals surface area (Å²) in [5.74, 6) is -0.124. The van der Waals surface area contributed by atoms with Crippen LogP contribution in [0.1, 0.15) is 32.7 Å². The molecule has 1 amide bonds. The summed E-state index contributed by atoms with van der Waals surface area (Å²) < 4.78 is 13.0. The minimum absolute atomic E-state index is 0.0101. The second kappa shape index (κ2) is 6.99. The summed E-state index contributed by atoms with van der Waals surface area (Å²) in [5.41, 5.74) is 2.97. The van der Waals surface area contributed by atoms with E-state index in [-0.39, 0.29) is 11.7 Å². The van der Waals surface area contributed by atoms with Crippen LogP contribution in [0.4, 0.5) is 21.6 Å². The number of ketones is 1. The molecule has 5 nitrogen and oxygen atoms in total. The van der Waals surface area contributed by atoms with Gasteiger partial charge in [0.05, 0.1) is 5.69 Å². The van der Waals surface area contributed by atoms with Gasteiger partial charge in [-0.3, -0.25) is 9.59 Å². The fraction of sp³-hybridized carbons (Fsp3) is 0.0952. The van der Waals surface area contributed by atoms with Crippen molar-refractivity contribution in [2.45, 2.75) is 12.8 Å². The van der Waals surface area contributed by atoms with Gasteiger partial charge in [-0.25, -0.2) is 9.37 Å². The van der Waals surface area contributed by atoms with Crippen molar-refractivity contribution in [3.05, 3.63) is 83.3 Å². The van der Waals surface area contributed by atoms with Gasteiger partial charge in [-0.2, -0.15) is 0 Å². The molecule has 0 atom stereocenters. The number of aromatic nitrogens is 1. The molecule has 27 heavy (non-hydrogen) atoms. The Morgan fingerprint density at radius 2 is 1.74 bits per heavy atom. The first-order chi connectivity index (χ1) is 13.1. The monoisotopic (exact) mass is 361 g/mol. The van der Waals surface area contributed by atoms with Crippen molar-refractivity contribution in [2.24, 2.45) is 0 Å². The van der Waals surface area contributed by atoms with Crippen LogP contribution in [-0.4, -0.2) is 16.7 Å². The van der Waals surface area contributed by atoms with Crippen LogP contribution >= 0.6 is 0 Å². The van der Waals surface area contributed by atoms with Crippen molar-refractivity contribution in [3.8, 4) is 0 Å². The highest BCUT2D eigenvalue weighted by Crippen LogP contribution is 2.35. The molecule has 0 radical (unpaired) electrons. The van der Waals surface area contributed by atoms with Crippen molar-refractivity contribution in [2.75, 3.05) is 10.6 Å². The van der Waals surface area contributed by atoms with Crippen LogP contribution in [0.15, 0.2) is 60.8 Å². The fourth-order valence-corrected chi connectivity index (χ4v) is 3.18. The van der Waals surface area contributed by atoms with Gasteiger partial charge < -0.3 is 10.6 Å². The number of hydrogen-bond acceptors (Lipinski definition) is 4. The van der Waals surface area contributed by atoms with Gasteiger partial charge in [0.25, 0.3) is 5.91 Å². The third-order valence-electron chi connectivity index (χ3n) is 4.48. The first-order valence-corrected chi connectivity index (χ1v) is 8.56. The zero-order valence-electron chi connectivity index (χ0n) is 14.3. The topological polar surface area (TPSA) is 71.1 Å². The van der Waals surface area contributed by atoms with Gasteiger partial charge in [0.2, 0.25) is 0 Å². The summed E-state index contributed by atoms with van der Waals surface area (Å²) in [6.45, 7) is 0. The average molecular weight is 361 g/mol. The van der Waals surface area contributed by atoms with Gasteiger partial charge >= 0.3 is 0 Å². The largest absolute Gasteiger partial charge is 0.340 e. The highest BCUT2D eigenvalue weighted by atomic mass is 19.1. The minimum Gasteiger partial charge on any atom is -0.340 e. The maximum atomic E-state index is 13.0. The Labute approximate surface area is 155 Å². The quantitative estimate of drug-likeness (QED) is 0.725. The molecule has 0 spiro atoms. The second-order valence-electron chi connectivity index (χ2n) is 6.24. The number of benzene rings is 2. The molecule has 0 aliphatic heterocycles. The summed E-state index contributed by atoms with van der Waals surface area (Å²) in [5, 5.41) is 6.00. The molecule has 2 N–H and O–H groups in total. The van der Waals surface area contributed by atoms with E-state index in [2.05, 4.69) is 15.6 Å². The third kappa shape index (κ3) is 3.42. The number of halogens is 1. The molecule has 0 fully saturated rings. The lowest BCUT2D eigenvalue weighted by Gasteiger charge is -2.14. The molecule has 0 saturated heterocycles. The zero-order valence-corrected chi connectivity index (χ0v) is 14.3. The Kier molecular flexibility index (Phi) is 4.38. The smallest absolute Gasteiger partial charge is 0.255 e. The second-order valence-corrected chi connectivity index (χ2v) is 6.24. The van der Waals surface area contributed by atoms with E-state index in [9.17, 15) is 14.0 Å². The average Bonchev–Trinajstić information content (AvgIpc) is 3.07. The van der Waals surface area contributed by atoms with E-state index in [0.29, 0.717) is 35.5 Å². The standard InChI is InChI=1S/C21H16FN3O2/c22-14-6-4-13(5-7-14)21(27)25-17-10-9-16(15-8-11-18(26)20(15)17)24-19-3-1-2-12-23-19/h1-7,9-10,12H,8,11H2,(H,23,24)(H,25,27). The van der Waals surface area contributed by atoms with Crippen LogP contribution in [0.2, 0.25) is 0 Å². The summed E-state index contributed by atoms with van der Waals surface area (Å²) in [4.78, 5) is 29.1. The van der Waals surface area contributed by atoms with E-state index in [1.807, 2.05) is 24.3 Å². The van der Waals surface area contributed by atoms with Gasteiger partial charge in [-0.05, 0) is 60.5 Å². The molecule has 4 rings (SSSR count).